The largest absolute Gasteiger partial charge is 0.417 e. The number of fused-ring (bicyclic) bond motifs is 1. The lowest BCUT2D eigenvalue weighted by Gasteiger charge is -2.30. The number of ether oxygens (including phenoxy) is 1. The van der Waals surface area contributed by atoms with Crippen LogP contribution in [0.15, 0.2) is 18.2 Å². The zero-order chi connectivity index (χ0) is 19.8. The van der Waals surface area contributed by atoms with Crippen molar-refractivity contribution in [3.05, 3.63) is 29.3 Å². The van der Waals surface area contributed by atoms with Crippen LogP contribution in [0, 0.1) is 22.7 Å². The molecule has 5 nitrogen and oxygen atoms in total. The van der Waals surface area contributed by atoms with Crippen molar-refractivity contribution < 1.29 is 27.5 Å². The van der Waals surface area contributed by atoms with Gasteiger partial charge in [0.15, 0.2) is 0 Å². The van der Waals surface area contributed by atoms with Gasteiger partial charge in [-0.3, -0.25) is 14.5 Å². The topological polar surface area (TPSA) is 73.7 Å². The molecule has 27 heavy (non-hydrogen) atoms. The van der Waals surface area contributed by atoms with Crippen molar-refractivity contribution in [1.29, 1.82) is 5.26 Å². The molecule has 1 aromatic rings. The lowest BCUT2D eigenvalue weighted by molar-refractivity contribution is -0.138. The number of carbonyl (C=O) groups excluding carboxylic acids is 2. The molecule has 1 aliphatic carbocycles. The van der Waals surface area contributed by atoms with Crippen LogP contribution in [0.5, 0.6) is 0 Å². The van der Waals surface area contributed by atoms with Crippen LogP contribution in [0.1, 0.15) is 44.2 Å². The molecule has 0 spiro atoms. The summed E-state index contributed by atoms with van der Waals surface area (Å²) in [5, 5.41) is 8.91. The van der Waals surface area contributed by atoms with Gasteiger partial charge in [0.1, 0.15) is 0 Å². The molecule has 2 amide bonds. The molecular weight excluding hydrogens is 361 g/mol. The van der Waals surface area contributed by atoms with Gasteiger partial charge in [-0.15, -0.1) is 0 Å². The number of carbonyl (C=O) groups is 2. The van der Waals surface area contributed by atoms with E-state index < -0.39 is 40.5 Å². The van der Waals surface area contributed by atoms with Gasteiger partial charge >= 0.3 is 6.18 Å². The maximum atomic E-state index is 13.2. The summed E-state index contributed by atoms with van der Waals surface area (Å²) in [5.74, 6) is -1.65. The van der Waals surface area contributed by atoms with Gasteiger partial charge in [-0.25, -0.2) is 0 Å². The zero-order valence-electron chi connectivity index (χ0n) is 14.8. The summed E-state index contributed by atoms with van der Waals surface area (Å²) in [5.41, 5.74) is -2.62. The Morgan fingerprint density at radius 2 is 1.96 bits per heavy atom. The van der Waals surface area contributed by atoms with Crippen LogP contribution in [-0.2, 0) is 20.5 Å². The average molecular weight is 378 g/mol. The fourth-order valence-electron chi connectivity index (χ4n) is 4.68. The number of halogens is 3. The highest BCUT2D eigenvalue weighted by Gasteiger charge is 2.70. The molecule has 2 saturated heterocycles. The molecule has 0 N–H and O–H groups in total. The van der Waals surface area contributed by atoms with Gasteiger partial charge in [-0.1, -0.05) is 6.92 Å². The number of imide groups is 1. The molecule has 3 fully saturated rings. The van der Waals surface area contributed by atoms with Gasteiger partial charge in [0.2, 0.25) is 11.8 Å². The van der Waals surface area contributed by atoms with Gasteiger partial charge < -0.3 is 4.74 Å². The van der Waals surface area contributed by atoms with Crippen molar-refractivity contribution in [2.24, 2.45) is 11.3 Å². The normalized spacial score (nSPS) is 35.3. The third kappa shape index (κ3) is 2.48. The van der Waals surface area contributed by atoms with E-state index in [1.54, 1.807) is 0 Å². The second kappa shape index (κ2) is 5.32. The first kappa shape index (κ1) is 18.0. The molecule has 2 heterocycles. The Kier molecular flexibility index (Phi) is 3.54. The van der Waals surface area contributed by atoms with Crippen LogP contribution in [0.3, 0.4) is 0 Å². The van der Waals surface area contributed by atoms with Crippen molar-refractivity contribution in [3.63, 3.8) is 0 Å². The molecule has 1 aromatic carbocycles. The number of anilines is 1. The van der Waals surface area contributed by atoms with Crippen LogP contribution in [0.4, 0.5) is 18.9 Å². The number of nitriles is 1. The first-order valence-electron chi connectivity index (χ1n) is 8.67. The summed E-state index contributed by atoms with van der Waals surface area (Å²) in [7, 11) is 0. The minimum atomic E-state index is -4.76. The van der Waals surface area contributed by atoms with Crippen LogP contribution in [0.2, 0.25) is 0 Å². The highest BCUT2D eigenvalue weighted by Crippen LogP contribution is 2.63. The van der Waals surface area contributed by atoms with Gasteiger partial charge in [-0.05, 0) is 38.0 Å². The van der Waals surface area contributed by atoms with Gasteiger partial charge in [0.05, 0.1) is 40.5 Å². The van der Waals surface area contributed by atoms with E-state index in [1.807, 2.05) is 13.8 Å². The van der Waals surface area contributed by atoms with E-state index in [0.29, 0.717) is 6.07 Å². The first-order valence-corrected chi connectivity index (χ1v) is 8.67. The first-order chi connectivity index (χ1) is 12.5. The standard InChI is InChI=1S/C19H17F3N2O3/c1-17(5-6-18(2)16(17)27-18)13-8-14(25)24(15(13)26)11-4-3-10(9-23)12(7-11)19(20,21)22/h3-4,7,13,16H,5-6,8H2,1-2H3. The van der Waals surface area contributed by atoms with E-state index in [9.17, 15) is 22.8 Å². The number of alkyl halides is 3. The Labute approximate surface area is 153 Å². The maximum absolute atomic E-state index is 13.2. The quantitative estimate of drug-likeness (QED) is 0.584. The van der Waals surface area contributed by atoms with Crippen molar-refractivity contribution in [3.8, 4) is 6.07 Å². The van der Waals surface area contributed by atoms with E-state index in [0.717, 1.165) is 23.8 Å². The molecule has 8 heteroatoms. The molecule has 1 saturated carbocycles. The van der Waals surface area contributed by atoms with E-state index in [1.165, 1.54) is 12.1 Å². The molecular formula is C19H17F3N2O3. The molecule has 3 aliphatic rings. The van der Waals surface area contributed by atoms with Crippen molar-refractivity contribution in [2.45, 2.75) is 51.0 Å². The van der Waals surface area contributed by atoms with Crippen molar-refractivity contribution in [2.75, 3.05) is 4.90 Å². The number of rotatable bonds is 2. The van der Waals surface area contributed by atoms with Crippen molar-refractivity contribution in [1.82, 2.24) is 0 Å². The number of benzene rings is 1. The molecule has 0 radical (unpaired) electrons. The maximum Gasteiger partial charge on any atom is 0.417 e. The van der Waals surface area contributed by atoms with Gasteiger partial charge in [0, 0.05) is 11.8 Å². The molecule has 4 unspecified atom stereocenters. The minimum Gasteiger partial charge on any atom is -0.366 e. The second-order valence-electron chi connectivity index (χ2n) is 7.98. The SMILES string of the molecule is CC12CCC(C)(C3CC(=O)N(c4ccc(C#N)c(C(F)(F)F)c4)C3=O)C1O2. The fourth-order valence-corrected chi connectivity index (χ4v) is 4.68. The lowest BCUT2D eigenvalue weighted by Crippen LogP contribution is -2.38. The summed E-state index contributed by atoms with van der Waals surface area (Å²) in [6, 6.07) is 4.39. The summed E-state index contributed by atoms with van der Waals surface area (Å²) in [6.07, 6.45) is -3.40. The van der Waals surface area contributed by atoms with Crippen LogP contribution >= 0.6 is 0 Å². The molecule has 0 aromatic heterocycles. The van der Waals surface area contributed by atoms with Crippen LogP contribution in [-0.4, -0.2) is 23.5 Å². The average Bonchev–Trinajstić information content (AvgIpc) is 3.10. The Hall–Kier alpha value is -2.40. The minimum absolute atomic E-state index is 0.0490. The number of epoxide rings is 1. The lowest BCUT2D eigenvalue weighted by atomic mass is 9.73. The zero-order valence-corrected chi connectivity index (χ0v) is 14.8. The Balaban J connectivity index is 1.69. The molecule has 2 aliphatic heterocycles. The van der Waals surface area contributed by atoms with E-state index >= 15 is 0 Å². The molecule has 142 valence electrons. The number of nitrogens with zero attached hydrogens (tertiary/aromatic N) is 2. The number of amides is 2. The summed E-state index contributed by atoms with van der Waals surface area (Å²) in [4.78, 5) is 26.3. The monoisotopic (exact) mass is 378 g/mol. The fraction of sp³-hybridized carbons (Fsp3) is 0.526. The predicted molar refractivity (Wildman–Crippen MR) is 87.4 cm³/mol. The molecule has 0 bridgehead atoms. The Morgan fingerprint density at radius 1 is 1.26 bits per heavy atom. The Morgan fingerprint density at radius 3 is 2.48 bits per heavy atom. The molecule has 4 rings (SSSR count). The van der Waals surface area contributed by atoms with Gasteiger partial charge in [0.25, 0.3) is 0 Å². The van der Waals surface area contributed by atoms with Crippen LogP contribution in [0.25, 0.3) is 0 Å². The van der Waals surface area contributed by atoms with E-state index in [4.69, 9.17) is 10.00 Å². The summed E-state index contributed by atoms with van der Waals surface area (Å²) in [6.45, 7) is 3.88. The number of hydrogen-bond acceptors (Lipinski definition) is 4. The van der Waals surface area contributed by atoms with Crippen LogP contribution < -0.4 is 4.90 Å². The van der Waals surface area contributed by atoms with E-state index in [2.05, 4.69) is 0 Å². The van der Waals surface area contributed by atoms with Crippen molar-refractivity contribution >= 4 is 17.5 Å². The highest BCUT2D eigenvalue weighted by molar-refractivity contribution is 6.21. The number of hydrogen-bond donors (Lipinski definition) is 0. The second-order valence-corrected chi connectivity index (χ2v) is 7.98. The Bertz CT molecular complexity index is 906. The third-order valence-electron chi connectivity index (χ3n) is 6.27. The van der Waals surface area contributed by atoms with E-state index in [-0.39, 0.29) is 23.8 Å². The summed E-state index contributed by atoms with van der Waals surface area (Å²) >= 11 is 0. The smallest absolute Gasteiger partial charge is 0.366 e. The third-order valence-corrected chi connectivity index (χ3v) is 6.27. The summed E-state index contributed by atoms with van der Waals surface area (Å²) < 4.78 is 45.4. The highest BCUT2D eigenvalue weighted by atomic mass is 19.4. The molecule has 4 atom stereocenters. The predicted octanol–water partition coefficient (Wildman–Crippen LogP) is 3.41. The van der Waals surface area contributed by atoms with Gasteiger partial charge in [-0.2, -0.15) is 18.4 Å².